The molecule has 2 nitrogen and oxygen atoms in total. The van der Waals surface area contributed by atoms with Gasteiger partial charge in [-0.3, -0.25) is 0 Å². The lowest BCUT2D eigenvalue weighted by Crippen LogP contribution is -2.27. The van der Waals surface area contributed by atoms with Crippen molar-refractivity contribution in [1.29, 1.82) is 0 Å². The Balaban J connectivity index is 2.00. The number of aryl methyl sites for hydroxylation is 1. The Morgan fingerprint density at radius 2 is 2.16 bits per heavy atom. The van der Waals surface area contributed by atoms with E-state index >= 15 is 0 Å². The quantitative estimate of drug-likeness (QED) is 0.856. The van der Waals surface area contributed by atoms with Gasteiger partial charge in [-0.2, -0.15) is 0 Å². The van der Waals surface area contributed by atoms with Gasteiger partial charge in [-0.15, -0.1) is 11.3 Å². The van der Waals surface area contributed by atoms with Crippen LogP contribution in [0.3, 0.4) is 0 Å². The Bertz CT molecular complexity index is 607. The molecule has 0 aliphatic heterocycles. The summed E-state index contributed by atoms with van der Waals surface area (Å²) in [5.41, 5.74) is 8.90. The third-order valence-corrected chi connectivity index (χ3v) is 5.42. The fourth-order valence-electron chi connectivity index (χ4n) is 3.02. The van der Waals surface area contributed by atoms with E-state index in [1.54, 1.807) is 11.3 Å². The smallest absolute Gasteiger partial charge is 0.123 e. The summed E-state index contributed by atoms with van der Waals surface area (Å²) >= 11 is 1.74. The molecule has 0 amide bonds. The predicted molar refractivity (Wildman–Crippen MR) is 82.5 cm³/mol. The molecule has 102 valence electrons. The second-order valence-electron chi connectivity index (χ2n) is 6.71. The van der Waals surface area contributed by atoms with Gasteiger partial charge in [0.05, 0.1) is 0 Å². The summed E-state index contributed by atoms with van der Waals surface area (Å²) < 4.78 is 0. The van der Waals surface area contributed by atoms with E-state index in [1.807, 2.05) is 0 Å². The van der Waals surface area contributed by atoms with Crippen LogP contribution in [-0.2, 0) is 19.4 Å². The second kappa shape index (κ2) is 4.57. The monoisotopic (exact) mass is 274 g/mol. The molecule has 2 N–H and O–H groups in total. The van der Waals surface area contributed by atoms with Gasteiger partial charge in [0.1, 0.15) is 4.83 Å². The number of hydrogen-bond donors (Lipinski definition) is 1. The van der Waals surface area contributed by atoms with Crippen LogP contribution < -0.4 is 5.73 Å². The van der Waals surface area contributed by atoms with Crippen molar-refractivity contribution in [3.63, 3.8) is 0 Å². The van der Waals surface area contributed by atoms with Crippen molar-refractivity contribution < 1.29 is 0 Å². The van der Waals surface area contributed by atoms with Crippen molar-refractivity contribution in [3.05, 3.63) is 28.3 Å². The standard InChI is InChI=1S/C16H22N2S/c1-16(2,3)12-4-5-14-10(7-12)6-11-8-13(9-17)19-15(11)18-14/h6,8,12H,4-5,7,9,17H2,1-3H3. The van der Waals surface area contributed by atoms with E-state index in [2.05, 4.69) is 32.9 Å². The number of fused-ring (bicyclic) bond motifs is 2. The molecular formula is C16H22N2S. The first-order valence-corrected chi connectivity index (χ1v) is 7.90. The van der Waals surface area contributed by atoms with E-state index in [-0.39, 0.29) is 0 Å². The minimum atomic E-state index is 0.393. The van der Waals surface area contributed by atoms with Gasteiger partial charge in [-0.05, 0) is 48.3 Å². The molecular weight excluding hydrogens is 252 g/mol. The van der Waals surface area contributed by atoms with E-state index < -0.39 is 0 Å². The average molecular weight is 274 g/mol. The molecule has 2 aromatic heterocycles. The second-order valence-corrected chi connectivity index (χ2v) is 7.83. The molecule has 2 heterocycles. The highest BCUT2D eigenvalue weighted by molar-refractivity contribution is 7.18. The van der Waals surface area contributed by atoms with E-state index in [4.69, 9.17) is 10.7 Å². The molecule has 0 fully saturated rings. The fraction of sp³-hybridized carbons (Fsp3) is 0.562. The zero-order valence-corrected chi connectivity index (χ0v) is 12.8. The number of rotatable bonds is 1. The van der Waals surface area contributed by atoms with Crippen molar-refractivity contribution in [1.82, 2.24) is 4.98 Å². The summed E-state index contributed by atoms with van der Waals surface area (Å²) in [6.07, 6.45) is 3.57. The summed E-state index contributed by atoms with van der Waals surface area (Å²) in [5, 5.41) is 1.28. The first kappa shape index (κ1) is 13.1. The number of nitrogens with zero attached hydrogens (tertiary/aromatic N) is 1. The molecule has 0 spiro atoms. The maximum atomic E-state index is 5.73. The van der Waals surface area contributed by atoms with Gasteiger partial charge in [0.25, 0.3) is 0 Å². The lowest BCUT2D eigenvalue weighted by Gasteiger charge is -2.34. The first-order chi connectivity index (χ1) is 8.97. The third kappa shape index (κ3) is 2.41. The third-order valence-electron chi connectivity index (χ3n) is 4.35. The lowest BCUT2D eigenvalue weighted by molar-refractivity contribution is 0.215. The maximum absolute atomic E-state index is 5.73. The van der Waals surface area contributed by atoms with E-state index in [0.717, 1.165) is 17.2 Å². The van der Waals surface area contributed by atoms with Crippen molar-refractivity contribution in [2.24, 2.45) is 17.1 Å². The molecule has 0 aromatic carbocycles. The van der Waals surface area contributed by atoms with Crippen LogP contribution in [0.5, 0.6) is 0 Å². The van der Waals surface area contributed by atoms with Crippen LogP contribution in [0.25, 0.3) is 10.2 Å². The molecule has 2 aromatic rings. The van der Waals surface area contributed by atoms with Gasteiger partial charge in [0.2, 0.25) is 0 Å². The summed E-state index contributed by atoms with van der Waals surface area (Å²) in [6.45, 7) is 7.68. The van der Waals surface area contributed by atoms with Crippen LogP contribution in [0.4, 0.5) is 0 Å². The Morgan fingerprint density at radius 3 is 2.84 bits per heavy atom. The van der Waals surface area contributed by atoms with E-state index in [9.17, 15) is 0 Å². The lowest BCUT2D eigenvalue weighted by atomic mass is 9.71. The highest BCUT2D eigenvalue weighted by Crippen LogP contribution is 2.38. The van der Waals surface area contributed by atoms with E-state index in [0.29, 0.717) is 12.0 Å². The molecule has 1 atom stereocenters. The SMILES string of the molecule is CC(C)(C)C1CCc2nc3sc(CN)cc3cc2C1. The summed E-state index contributed by atoms with van der Waals surface area (Å²) in [7, 11) is 0. The molecule has 0 saturated heterocycles. The maximum Gasteiger partial charge on any atom is 0.123 e. The Hall–Kier alpha value is -0.930. The number of thiophene rings is 1. The van der Waals surface area contributed by atoms with Gasteiger partial charge < -0.3 is 5.73 Å². The largest absolute Gasteiger partial charge is 0.326 e. The number of pyridine rings is 1. The van der Waals surface area contributed by atoms with Gasteiger partial charge in [-0.25, -0.2) is 4.98 Å². The van der Waals surface area contributed by atoms with Gasteiger partial charge in [0.15, 0.2) is 0 Å². The Labute approximate surface area is 119 Å². The number of nitrogens with two attached hydrogens (primary N) is 1. The fourth-order valence-corrected chi connectivity index (χ4v) is 3.92. The van der Waals surface area contributed by atoms with Crippen LogP contribution in [0.1, 0.15) is 43.3 Å². The molecule has 3 heteroatoms. The molecule has 1 unspecified atom stereocenters. The molecule has 0 saturated carbocycles. The van der Waals surface area contributed by atoms with Gasteiger partial charge in [-0.1, -0.05) is 20.8 Å². The normalized spacial score (nSPS) is 19.7. The molecule has 0 radical (unpaired) electrons. The highest BCUT2D eigenvalue weighted by atomic mass is 32.1. The molecule has 19 heavy (non-hydrogen) atoms. The zero-order valence-electron chi connectivity index (χ0n) is 12.0. The topological polar surface area (TPSA) is 38.9 Å². The Morgan fingerprint density at radius 1 is 1.37 bits per heavy atom. The van der Waals surface area contributed by atoms with Crippen LogP contribution in [-0.4, -0.2) is 4.98 Å². The van der Waals surface area contributed by atoms with Crippen LogP contribution in [0.2, 0.25) is 0 Å². The number of aromatic nitrogens is 1. The van der Waals surface area contributed by atoms with Crippen molar-refractivity contribution in [3.8, 4) is 0 Å². The van der Waals surface area contributed by atoms with Gasteiger partial charge >= 0.3 is 0 Å². The molecule has 1 aliphatic rings. The van der Waals surface area contributed by atoms with Crippen molar-refractivity contribution in [2.75, 3.05) is 0 Å². The summed E-state index contributed by atoms with van der Waals surface area (Å²) in [4.78, 5) is 7.26. The van der Waals surface area contributed by atoms with Gasteiger partial charge in [0, 0.05) is 22.5 Å². The summed E-state index contributed by atoms with van der Waals surface area (Å²) in [5.74, 6) is 0.770. The summed E-state index contributed by atoms with van der Waals surface area (Å²) in [6, 6.07) is 4.55. The minimum Gasteiger partial charge on any atom is -0.326 e. The minimum absolute atomic E-state index is 0.393. The molecule has 0 bridgehead atoms. The van der Waals surface area contributed by atoms with Crippen LogP contribution in [0, 0.1) is 11.3 Å². The first-order valence-electron chi connectivity index (χ1n) is 7.08. The molecule has 3 rings (SSSR count). The zero-order chi connectivity index (χ0) is 13.6. The van der Waals surface area contributed by atoms with Crippen LogP contribution >= 0.6 is 11.3 Å². The highest BCUT2D eigenvalue weighted by Gasteiger charge is 2.29. The van der Waals surface area contributed by atoms with Crippen LogP contribution in [0.15, 0.2) is 12.1 Å². The molecule has 1 aliphatic carbocycles. The van der Waals surface area contributed by atoms with Crippen molar-refractivity contribution in [2.45, 2.75) is 46.6 Å². The van der Waals surface area contributed by atoms with Crippen molar-refractivity contribution >= 4 is 21.6 Å². The average Bonchev–Trinajstić information content (AvgIpc) is 2.75. The van der Waals surface area contributed by atoms with E-state index in [1.165, 1.54) is 34.4 Å². The Kier molecular flexibility index (Phi) is 3.14. The predicted octanol–water partition coefficient (Wildman–Crippen LogP) is 3.91. The number of hydrogen-bond acceptors (Lipinski definition) is 3.